The van der Waals surface area contributed by atoms with Crippen LogP contribution in [0.4, 0.5) is 0 Å². The third kappa shape index (κ3) is 12.8. The zero-order valence-corrected chi connectivity index (χ0v) is 19.9. The lowest BCUT2D eigenvalue weighted by Crippen LogP contribution is -2.12. The van der Waals surface area contributed by atoms with Crippen molar-refractivity contribution in [1.82, 2.24) is 0 Å². The van der Waals surface area contributed by atoms with Gasteiger partial charge in [0.15, 0.2) is 0 Å². The van der Waals surface area contributed by atoms with Gasteiger partial charge in [-0.15, -0.1) is 12.4 Å². The number of hydrogen-bond acceptors (Lipinski definition) is 1. The van der Waals surface area contributed by atoms with Crippen LogP contribution in [0.25, 0.3) is 0 Å². The van der Waals surface area contributed by atoms with E-state index in [1.54, 1.807) is 0 Å². The molecule has 0 fully saturated rings. The van der Waals surface area contributed by atoms with Gasteiger partial charge in [-0.25, -0.2) is 0 Å². The first-order valence-corrected chi connectivity index (χ1v) is 12.0. The standard InChI is InChI=1S/C26H47N.ClH/c1-4-5-6-7-8-9-10-11-12-13-14-15-16-17-18-22-26(27)25-21-19-20-23(2)24(25)3;/h19-21,26H,4-18,22,27H2,1-3H3;1H. The van der Waals surface area contributed by atoms with Gasteiger partial charge in [0.1, 0.15) is 0 Å². The smallest absolute Gasteiger partial charge is 0.0297 e. The van der Waals surface area contributed by atoms with Crippen molar-refractivity contribution in [2.45, 2.75) is 130 Å². The lowest BCUT2D eigenvalue weighted by atomic mass is 9.94. The van der Waals surface area contributed by atoms with Crippen molar-refractivity contribution >= 4 is 12.4 Å². The summed E-state index contributed by atoms with van der Waals surface area (Å²) in [7, 11) is 0. The molecule has 0 aliphatic carbocycles. The fourth-order valence-corrected chi connectivity index (χ4v) is 4.07. The van der Waals surface area contributed by atoms with Crippen molar-refractivity contribution in [3.05, 3.63) is 34.9 Å². The van der Waals surface area contributed by atoms with Crippen LogP contribution in [0.5, 0.6) is 0 Å². The first kappa shape index (κ1) is 27.5. The van der Waals surface area contributed by atoms with Gasteiger partial charge in [0.2, 0.25) is 0 Å². The van der Waals surface area contributed by atoms with Crippen LogP contribution in [0.3, 0.4) is 0 Å². The molecule has 1 atom stereocenters. The highest BCUT2D eigenvalue weighted by Gasteiger charge is 2.09. The van der Waals surface area contributed by atoms with E-state index >= 15 is 0 Å². The van der Waals surface area contributed by atoms with Gasteiger partial charge < -0.3 is 5.73 Å². The zero-order valence-electron chi connectivity index (χ0n) is 19.1. The summed E-state index contributed by atoms with van der Waals surface area (Å²) in [5, 5.41) is 0. The molecule has 0 saturated heterocycles. The SMILES string of the molecule is CCCCCCCCCCCCCCCCCC(N)c1cccc(C)c1C.Cl. The topological polar surface area (TPSA) is 26.0 Å². The first-order chi connectivity index (χ1) is 13.2. The Kier molecular flexibility index (Phi) is 18.1. The van der Waals surface area contributed by atoms with Gasteiger partial charge in [-0.1, -0.05) is 121 Å². The summed E-state index contributed by atoms with van der Waals surface area (Å²) in [5.74, 6) is 0. The maximum atomic E-state index is 6.42. The maximum absolute atomic E-state index is 6.42. The second kappa shape index (κ2) is 18.5. The normalized spacial score (nSPS) is 12.0. The Hall–Kier alpha value is -0.530. The van der Waals surface area contributed by atoms with Crippen LogP contribution < -0.4 is 5.73 Å². The molecule has 2 N–H and O–H groups in total. The van der Waals surface area contributed by atoms with Crippen LogP contribution in [0.2, 0.25) is 0 Å². The van der Waals surface area contributed by atoms with E-state index in [1.807, 2.05) is 0 Å². The molecule has 0 spiro atoms. The maximum Gasteiger partial charge on any atom is 0.0297 e. The Labute approximate surface area is 182 Å². The molecule has 0 saturated carbocycles. The fourth-order valence-electron chi connectivity index (χ4n) is 4.07. The molecule has 1 nitrogen and oxygen atoms in total. The summed E-state index contributed by atoms with van der Waals surface area (Å²) >= 11 is 0. The van der Waals surface area contributed by atoms with E-state index in [2.05, 4.69) is 39.0 Å². The number of unbranched alkanes of at least 4 members (excludes halogenated alkanes) is 14. The van der Waals surface area contributed by atoms with E-state index in [4.69, 9.17) is 5.73 Å². The molecule has 2 heteroatoms. The van der Waals surface area contributed by atoms with Gasteiger partial charge in [-0.3, -0.25) is 0 Å². The molecular formula is C26H48ClN. The lowest BCUT2D eigenvalue weighted by molar-refractivity contribution is 0.519. The molecule has 1 aromatic carbocycles. The molecule has 28 heavy (non-hydrogen) atoms. The summed E-state index contributed by atoms with van der Waals surface area (Å²) in [5.41, 5.74) is 10.5. The van der Waals surface area contributed by atoms with Crippen LogP contribution in [0.15, 0.2) is 18.2 Å². The highest BCUT2D eigenvalue weighted by molar-refractivity contribution is 5.85. The summed E-state index contributed by atoms with van der Waals surface area (Å²) in [6.07, 6.45) is 22.4. The fraction of sp³-hybridized carbons (Fsp3) is 0.769. The van der Waals surface area contributed by atoms with Crippen molar-refractivity contribution in [1.29, 1.82) is 0 Å². The van der Waals surface area contributed by atoms with Crippen molar-refractivity contribution in [3.8, 4) is 0 Å². The van der Waals surface area contributed by atoms with E-state index in [9.17, 15) is 0 Å². The number of benzene rings is 1. The number of nitrogens with two attached hydrogens (primary N) is 1. The largest absolute Gasteiger partial charge is 0.324 e. The molecule has 0 heterocycles. The van der Waals surface area contributed by atoms with Gasteiger partial charge in [0.25, 0.3) is 0 Å². The molecule has 0 radical (unpaired) electrons. The van der Waals surface area contributed by atoms with Crippen molar-refractivity contribution in [2.75, 3.05) is 0 Å². The van der Waals surface area contributed by atoms with Gasteiger partial charge >= 0.3 is 0 Å². The van der Waals surface area contributed by atoms with Gasteiger partial charge in [0, 0.05) is 6.04 Å². The van der Waals surface area contributed by atoms with Crippen LogP contribution in [-0.4, -0.2) is 0 Å². The minimum Gasteiger partial charge on any atom is -0.324 e. The van der Waals surface area contributed by atoms with E-state index < -0.39 is 0 Å². The Morgan fingerprint density at radius 3 is 1.57 bits per heavy atom. The number of aryl methyl sites for hydroxylation is 1. The number of hydrogen-bond donors (Lipinski definition) is 1. The monoisotopic (exact) mass is 409 g/mol. The van der Waals surface area contributed by atoms with Crippen LogP contribution in [-0.2, 0) is 0 Å². The van der Waals surface area contributed by atoms with E-state index in [0.29, 0.717) is 0 Å². The van der Waals surface area contributed by atoms with Crippen molar-refractivity contribution in [3.63, 3.8) is 0 Å². The highest BCUT2D eigenvalue weighted by atomic mass is 35.5. The van der Waals surface area contributed by atoms with E-state index in [-0.39, 0.29) is 18.4 Å². The summed E-state index contributed by atoms with van der Waals surface area (Å²) in [4.78, 5) is 0. The molecule has 0 aliphatic rings. The predicted octanol–water partition coefficient (Wildman–Crippen LogP) is 8.99. The quantitative estimate of drug-likeness (QED) is 0.255. The molecule has 0 aliphatic heterocycles. The Bertz CT molecular complexity index is 472. The van der Waals surface area contributed by atoms with Crippen LogP contribution >= 0.6 is 12.4 Å². The van der Waals surface area contributed by atoms with Gasteiger partial charge in [0.05, 0.1) is 0 Å². The second-order valence-corrected chi connectivity index (χ2v) is 8.63. The summed E-state index contributed by atoms with van der Waals surface area (Å²) < 4.78 is 0. The second-order valence-electron chi connectivity index (χ2n) is 8.63. The number of rotatable bonds is 17. The molecule has 0 aromatic heterocycles. The van der Waals surface area contributed by atoms with Gasteiger partial charge in [-0.05, 0) is 37.0 Å². The zero-order chi connectivity index (χ0) is 19.7. The molecule has 1 rings (SSSR count). The molecule has 164 valence electrons. The van der Waals surface area contributed by atoms with Crippen LogP contribution in [0, 0.1) is 13.8 Å². The molecular weight excluding hydrogens is 362 g/mol. The number of halogens is 1. The third-order valence-corrected chi connectivity index (χ3v) is 6.16. The molecule has 0 bridgehead atoms. The molecule has 1 aromatic rings. The Morgan fingerprint density at radius 1 is 0.679 bits per heavy atom. The third-order valence-electron chi connectivity index (χ3n) is 6.16. The average molecular weight is 410 g/mol. The van der Waals surface area contributed by atoms with Crippen molar-refractivity contribution in [2.24, 2.45) is 5.73 Å². The molecule has 1 unspecified atom stereocenters. The molecule has 0 amide bonds. The summed E-state index contributed by atoms with van der Waals surface area (Å²) in [6.45, 7) is 6.68. The summed E-state index contributed by atoms with van der Waals surface area (Å²) in [6, 6.07) is 6.74. The van der Waals surface area contributed by atoms with Crippen molar-refractivity contribution < 1.29 is 0 Å². The Balaban J connectivity index is 0.00000729. The van der Waals surface area contributed by atoms with Gasteiger partial charge in [-0.2, -0.15) is 0 Å². The minimum absolute atomic E-state index is 0. The lowest BCUT2D eigenvalue weighted by Gasteiger charge is -2.16. The predicted molar refractivity (Wildman–Crippen MR) is 130 cm³/mol. The van der Waals surface area contributed by atoms with E-state index in [0.717, 1.165) is 6.42 Å². The van der Waals surface area contributed by atoms with E-state index in [1.165, 1.54) is 113 Å². The Morgan fingerprint density at radius 2 is 1.11 bits per heavy atom. The average Bonchev–Trinajstić information content (AvgIpc) is 2.67. The minimum atomic E-state index is 0. The highest BCUT2D eigenvalue weighted by Crippen LogP contribution is 2.23. The van der Waals surface area contributed by atoms with Crippen LogP contribution in [0.1, 0.15) is 132 Å². The first-order valence-electron chi connectivity index (χ1n) is 12.0.